The fourth-order valence-corrected chi connectivity index (χ4v) is 6.53. The van der Waals surface area contributed by atoms with Gasteiger partial charge in [0.25, 0.3) is 10.0 Å². The van der Waals surface area contributed by atoms with Crippen molar-refractivity contribution in [3.63, 3.8) is 0 Å². The first-order valence-corrected chi connectivity index (χ1v) is 13.8. The molecule has 0 unspecified atom stereocenters. The Kier molecular flexibility index (Phi) is 7.26. The number of rotatable bonds is 8. The van der Waals surface area contributed by atoms with Gasteiger partial charge in [0, 0.05) is 18.1 Å². The summed E-state index contributed by atoms with van der Waals surface area (Å²) in [5.74, 6) is -3.21. The molecule has 0 radical (unpaired) electrons. The third-order valence-corrected chi connectivity index (χ3v) is 8.90. The van der Waals surface area contributed by atoms with Crippen LogP contribution in [0.1, 0.15) is 18.9 Å². The summed E-state index contributed by atoms with van der Waals surface area (Å²) in [6.45, 7) is 0.0273. The van der Waals surface area contributed by atoms with Gasteiger partial charge >= 0.3 is 6.61 Å². The molecule has 1 fully saturated rings. The maximum atomic E-state index is 15.1. The predicted molar refractivity (Wildman–Crippen MR) is 137 cm³/mol. The highest BCUT2D eigenvalue weighted by Gasteiger charge is 2.47. The molecule has 0 N–H and O–H groups in total. The van der Waals surface area contributed by atoms with Crippen LogP contribution in [0, 0.1) is 24.0 Å². The summed E-state index contributed by atoms with van der Waals surface area (Å²) in [6, 6.07) is 11.6. The molecule has 0 aliphatic carbocycles. The lowest BCUT2D eigenvalue weighted by atomic mass is 9.77. The Balaban J connectivity index is 1.61. The first-order chi connectivity index (χ1) is 18.9. The van der Waals surface area contributed by atoms with E-state index >= 15 is 4.39 Å². The molecule has 1 atom stereocenters. The highest BCUT2D eigenvalue weighted by molar-refractivity contribution is 7.92. The Labute approximate surface area is 228 Å². The average molecular weight is 580 g/mol. The van der Waals surface area contributed by atoms with E-state index in [1.165, 1.54) is 37.3 Å². The van der Waals surface area contributed by atoms with E-state index in [0.29, 0.717) is 11.6 Å². The van der Waals surface area contributed by atoms with Crippen LogP contribution in [0.4, 0.5) is 23.2 Å². The molecule has 2 heterocycles. The molecule has 0 amide bonds. The van der Waals surface area contributed by atoms with Gasteiger partial charge in [-0.25, -0.2) is 17.2 Å². The number of hydrogen-bond acceptors (Lipinski definition) is 6. The lowest BCUT2D eigenvalue weighted by Crippen LogP contribution is -2.53. The van der Waals surface area contributed by atoms with Crippen LogP contribution in [-0.2, 0) is 19.6 Å². The van der Waals surface area contributed by atoms with Crippen LogP contribution in [0.25, 0.3) is 11.1 Å². The van der Waals surface area contributed by atoms with Crippen molar-refractivity contribution in [3.05, 3.63) is 71.8 Å². The van der Waals surface area contributed by atoms with Crippen LogP contribution in [0.3, 0.4) is 0 Å². The number of hydrogen-bond donors (Lipinski definition) is 0. The largest absolute Gasteiger partial charge is 0.486 e. The number of fused-ring (bicyclic) bond motifs is 1. The summed E-state index contributed by atoms with van der Waals surface area (Å²) >= 11 is 0. The predicted octanol–water partition coefficient (Wildman–Crippen LogP) is 5.49. The minimum Gasteiger partial charge on any atom is -0.486 e. The van der Waals surface area contributed by atoms with Crippen LogP contribution >= 0.6 is 0 Å². The van der Waals surface area contributed by atoms with Gasteiger partial charge in [-0.3, -0.25) is 9.10 Å². The Morgan fingerprint density at radius 3 is 2.50 bits per heavy atom. The number of alkyl halides is 2. The third-order valence-electron chi connectivity index (χ3n) is 7.12. The minimum atomic E-state index is -4.19. The Morgan fingerprint density at radius 1 is 1.12 bits per heavy atom. The zero-order valence-electron chi connectivity index (χ0n) is 21.5. The minimum absolute atomic E-state index is 0.00215. The number of aryl methyl sites for hydroxylation is 1. The molecule has 12 heteroatoms. The SMILES string of the molecule is CC(=O)C1(C[C@H]2CN(S(=O)(=O)c3cccc(C)c3)c3cc(-c4cc(F)cc(OC(F)F)c4F)ccc3O2)COC1. The van der Waals surface area contributed by atoms with Gasteiger partial charge < -0.3 is 14.2 Å². The highest BCUT2D eigenvalue weighted by atomic mass is 32.2. The molecule has 0 aromatic heterocycles. The van der Waals surface area contributed by atoms with E-state index in [2.05, 4.69) is 4.74 Å². The molecule has 1 saturated heterocycles. The lowest BCUT2D eigenvalue weighted by molar-refractivity contribution is -0.162. The lowest BCUT2D eigenvalue weighted by Gasteiger charge is -2.44. The fourth-order valence-electron chi connectivity index (χ4n) is 4.92. The number of ketones is 1. The van der Waals surface area contributed by atoms with Crippen molar-refractivity contribution in [2.45, 2.75) is 37.9 Å². The molecule has 3 aromatic rings. The number of nitrogens with zero attached hydrogens (tertiary/aromatic N) is 1. The summed E-state index contributed by atoms with van der Waals surface area (Å²) in [4.78, 5) is 12.4. The molecule has 3 aromatic carbocycles. The molecular weight excluding hydrogens is 554 g/mol. The monoisotopic (exact) mass is 579 g/mol. The van der Waals surface area contributed by atoms with Gasteiger partial charge in [-0.2, -0.15) is 8.78 Å². The van der Waals surface area contributed by atoms with Crippen molar-refractivity contribution in [2.24, 2.45) is 5.41 Å². The number of carbonyl (C=O) groups excluding carboxylic acids is 1. The van der Waals surface area contributed by atoms with Gasteiger partial charge in [-0.1, -0.05) is 18.2 Å². The third kappa shape index (κ3) is 5.13. The quantitative estimate of drug-likeness (QED) is 0.328. The van der Waals surface area contributed by atoms with Gasteiger partial charge in [0.05, 0.1) is 35.8 Å². The second-order valence-electron chi connectivity index (χ2n) is 9.95. The molecule has 2 aliphatic heterocycles. The number of Topliss-reactive ketones (excluding diaryl/α,β-unsaturated/α-hetero) is 1. The standard InChI is InChI=1S/C28H25F4NO6S/c1-16-4-3-5-21(8-16)40(35,36)33-13-20(12-28(17(2)34)14-37-15-28)38-24-7-6-18(9-23(24)33)22-10-19(29)11-25(26(22)30)39-27(31)32/h3-11,20,27H,12-15H2,1-2H3/t20-/m0/s1. The van der Waals surface area contributed by atoms with E-state index < -0.39 is 51.1 Å². The van der Waals surface area contributed by atoms with Gasteiger partial charge in [0.2, 0.25) is 0 Å². The molecule has 0 bridgehead atoms. The molecule has 0 saturated carbocycles. The first-order valence-electron chi connectivity index (χ1n) is 12.3. The van der Waals surface area contributed by atoms with E-state index in [0.717, 1.165) is 10.4 Å². The van der Waals surface area contributed by atoms with E-state index in [9.17, 15) is 26.4 Å². The van der Waals surface area contributed by atoms with Crippen LogP contribution in [0.5, 0.6) is 11.5 Å². The maximum Gasteiger partial charge on any atom is 0.387 e. The molecular formula is C28H25F4NO6S. The summed E-state index contributed by atoms with van der Waals surface area (Å²) in [5.41, 5.74) is -0.455. The van der Waals surface area contributed by atoms with Crippen LogP contribution in [-0.4, -0.2) is 46.7 Å². The number of sulfonamides is 1. The van der Waals surface area contributed by atoms with Crippen molar-refractivity contribution in [2.75, 3.05) is 24.1 Å². The van der Waals surface area contributed by atoms with Crippen LogP contribution in [0.2, 0.25) is 0 Å². The summed E-state index contributed by atoms with van der Waals surface area (Å²) in [5, 5.41) is 0. The normalized spacial score (nSPS) is 18.1. The number of anilines is 1. The molecule has 2 aliphatic rings. The summed E-state index contributed by atoms with van der Waals surface area (Å²) in [7, 11) is -4.19. The van der Waals surface area contributed by atoms with Gasteiger partial charge in [-0.05, 0) is 55.3 Å². The maximum absolute atomic E-state index is 15.1. The van der Waals surface area contributed by atoms with Gasteiger partial charge in [0.15, 0.2) is 11.6 Å². The number of benzene rings is 3. The number of ether oxygens (including phenoxy) is 3. The van der Waals surface area contributed by atoms with E-state index in [1.807, 2.05) is 0 Å². The van der Waals surface area contributed by atoms with Crippen molar-refractivity contribution in [3.8, 4) is 22.6 Å². The Hall–Kier alpha value is -3.64. The average Bonchev–Trinajstić information content (AvgIpc) is 2.87. The first kappa shape index (κ1) is 27.9. The van der Waals surface area contributed by atoms with Crippen LogP contribution in [0.15, 0.2) is 59.5 Å². The smallest absolute Gasteiger partial charge is 0.387 e. The van der Waals surface area contributed by atoms with E-state index in [1.54, 1.807) is 19.1 Å². The molecule has 5 rings (SSSR count). The number of carbonyl (C=O) groups is 1. The fraction of sp³-hybridized carbons (Fsp3) is 0.321. The molecule has 40 heavy (non-hydrogen) atoms. The Morgan fingerprint density at radius 2 is 1.88 bits per heavy atom. The van der Waals surface area contributed by atoms with Gasteiger partial charge in [-0.15, -0.1) is 0 Å². The second kappa shape index (κ2) is 10.4. The molecule has 7 nitrogen and oxygen atoms in total. The van der Waals surface area contributed by atoms with Crippen molar-refractivity contribution in [1.82, 2.24) is 0 Å². The summed E-state index contributed by atoms with van der Waals surface area (Å²) < 4.78 is 99.4. The Bertz CT molecular complexity index is 1570. The van der Waals surface area contributed by atoms with Crippen molar-refractivity contribution < 1.29 is 45.0 Å². The van der Waals surface area contributed by atoms with Crippen molar-refractivity contribution >= 4 is 21.5 Å². The zero-order chi connectivity index (χ0) is 28.8. The summed E-state index contributed by atoms with van der Waals surface area (Å²) in [6.07, 6.45) is -0.515. The topological polar surface area (TPSA) is 82.1 Å². The van der Waals surface area contributed by atoms with E-state index in [4.69, 9.17) is 9.47 Å². The van der Waals surface area contributed by atoms with Gasteiger partial charge in [0.1, 0.15) is 23.5 Å². The van der Waals surface area contributed by atoms with Crippen molar-refractivity contribution in [1.29, 1.82) is 0 Å². The highest BCUT2D eigenvalue weighted by Crippen LogP contribution is 2.44. The van der Waals surface area contributed by atoms with Crippen LogP contribution < -0.4 is 13.8 Å². The zero-order valence-corrected chi connectivity index (χ0v) is 22.3. The molecule has 0 spiro atoms. The number of halogens is 4. The van der Waals surface area contributed by atoms with E-state index in [-0.39, 0.29) is 53.9 Å². The second-order valence-corrected chi connectivity index (χ2v) is 11.8. The molecule has 212 valence electrons.